The fraction of sp³-hybridized carbons (Fsp3) is 0.194. The third-order valence-corrected chi connectivity index (χ3v) is 14.2. The molecular formula is C67H64. The highest BCUT2D eigenvalue weighted by Crippen LogP contribution is 2.62. The molecule has 0 heteroatoms. The summed E-state index contributed by atoms with van der Waals surface area (Å²) in [7, 11) is 0. The van der Waals surface area contributed by atoms with Crippen LogP contribution in [0.2, 0.25) is 0 Å². The van der Waals surface area contributed by atoms with E-state index >= 15 is 0 Å². The molecule has 0 N–H and O–H groups in total. The summed E-state index contributed by atoms with van der Waals surface area (Å²) in [6.45, 7) is 17.1. The van der Waals surface area contributed by atoms with Crippen LogP contribution in [-0.2, 0) is 18.3 Å². The molecule has 67 heavy (non-hydrogen) atoms. The van der Waals surface area contributed by atoms with Crippen LogP contribution < -0.4 is 0 Å². The number of allylic oxidation sites excluding steroid dienone is 7. The molecule has 0 saturated heterocycles. The quantitative estimate of drug-likeness (QED) is 0.165. The second-order valence-electron chi connectivity index (χ2n) is 18.5. The van der Waals surface area contributed by atoms with Crippen molar-refractivity contribution in [2.75, 3.05) is 0 Å². The Morgan fingerprint density at radius 2 is 1.06 bits per heavy atom. The zero-order valence-electron chi connectivity index (χ0n) is 40.4. The van der Waals surface area contributed by atoms with Crippen LogP contribution in [-0.4, -0.2) is 0 Å². The normalized spacial score (nSPS) is 15.7. The summed E-state index contributed by atoms with van der Waals surface area (Å²) in [6, 6.07) is 55.2. The molecule has 0 radical (unpaired) electrons. The maximum Gasteiger partial charge on any atom is 0.0725 e. The van der Waals surface area contributed by atoms with Crippen LogP contribution in [0.4, 0.5) is 0 Å². The molecule has 8 aromatic carbocycles. The number of aryl methyl sites for hydroxylation is 3. The average Bonchev–Trinajstić information content (AvgIpc) is 3.83. The maximum atomic E-state index is 4.17. The highest BCUT2D eigenvalue weighted by molar-refractivity contribution is 6.01. The second-order valence-corrected chi connectivity index (χ2v) is 18.5. The van der Waals surface area contributed by atoms with Gasteiger partial charge in [0.2, 0.25) is 0 Å². The van der Waals surface area contributed by atoms with Crippen molar-refractivity contribution >= 4 is 39.3 Å². The first kappa shape index (κ1) is 45.1. The Balaban J connectivity index is 0.000000125. The number of hydrogen-bond acceptors (Lipinski definition) is 0. The molecule has 0 saturated carbocycles. The zero-order chi connectivity index (χ0) is 46.5. The predicted molar refractivity (Wildman–Crippen MR) is 293 cm³/mol. The Kier molecular flexibility index (Phi) is 13.4. The minimum Gasteiger partial charge on any atom is -0.0984 e. The number of rotatable bonds is 4. The fourth-order valence-electron chi connectivity index (χ4n) is 10.9. The lowest BCUT2D eigenvalue weighted by molar-refractivity contribution is 0.785. The summed E-state index contributed by atoms with van der Waals surface area (Å²) < 4.78 is 0. The molecular weight excluding hydrogens is 805 g/mol. The minimum absolute atomic E-state index is 0.259. The summed E-state index contributed by atoms with van der Waals surface area (Å²) >= 11 is 0. The standard InChI is InChI=1S/C27H22.C19H18.C17H14.C4H10/c1-4-10-23-19(5-2)20-11-6-8-13-24(20)27(23)25-14-9-7-12-21(25)22-16-15-18(3)17-26(22)27;1-13-10-11-18-16-8-3-2-6-14(16)15-7-4-5-9-17(15)19(18)12-13;1-13-9-11-15(12-10-13)17-8-4-6-14-5-2-3-7-16(14)17;1-3-4-2/h4-17H,2H2,1,3H3;3,5,8-12H,2,4,6-7H2,1H3;2-12H,1H3;3-4H2,1-2H3/b10-4-;;;. The van der Waals surface area contributed by atoms with Crippen LogP contribution in [0.1, 0.15) is 108 Å². The van der Waals surface area contributed by atoms with Gasteiger partial charge >= 0.3 is 0 Å². The van der Waals surface area contributed by atoms with Gasteiger partial charge in [0.15, 0.2) is 0 Å². The van der Waals surface area contributed by atoms with E-state index in [9.17, 15) is 0 Å². The maximum absolute atomic E-state index is 4.17. The van der Waals surface area contributed by atoms with E-state index in [0.29, 0.717) is 0 Å². The van der Waals surface area contributed by atoms with Gasteiger partial charge in [0.05, 0.1) is 5.41 Å². The molecule has 0 fully saturated rings. The van der Waals surface area contributed by atoms with Crippen LogP contribution in [0.15, 0.2) is 194 Å². The van der Waals surface area contributed by atoms with Gasteiger partial charge in [0.25, 0.3) is 0 Å². The Hall–Kier alpha value is -7.02. The molecule has 0 heterocycles. The molecule has 0 amide bonds. The molecule has 4 aliphatic carbocycles. The average molecular weight is 869 g/mol. The lowest BCUT2D eigenvalue weighted by Crippen LogP contribution is -2.26. The molecule has 332 valence electrons. The third kappa shape index (κ3) is 8.29. The second kappa shape index (κ2) is 19.8. The monoisotopic (exact) mass is 869 g/mol. The fourth-order valence-corrected chi connectivity index (χ4v) is 10.9. The molecule has 0 bridgehead atoms. The molecule has 1 spiro atoms. The molecule has 0 nitrogen and oxygen atoms in total. The van der Waals surface area contributed by atoms with E-state index in [1.54, 1.807) is 11.1 Å². The number of unbranched alkanes of at least 4 members (excludes halogenated alkanes) is 1. The Labute approximate surface area is 400 Å². The highest BCUT2D eigenvalue weighted by atomic mass is 14.5. The van der Waals surface area contributed by atoms with Crippen molar-refractivity contribution in [3.63, 3.8) is 0 Å². The Morgan fingerprint density at radius 3 is 1.75 bits per heavy atom. The lowest BCUT2D eigenvalue weighted by Gasteiger charge is -2.31. The first-order valence-corrected chi connectivity index (χ1v) is 24.6. The molecule has 12 rings (SSSR count). The molecule has 1 atom stereocenters. The third-order valence-electron chi connectivity index (χ3n) is 14.2. The van der Waals surface area contributed by atoms with Crippen LogP contribution in [0, 0.1) is 20.8 Å². The lowest BCUT2D eigenvalue weighted by atomic mass is 9.69. The van der Waals surface area contributed by atoms with E-state index in [2.05, 4.69) is 236 Å². The van der Waals surface area contributed by atoms with Crippen molar-refractivity contribution in [3.8, 4) is 22.3 Å². The van der Waals surface area contributed by atoms with Crippen molar-refractivity contribution in [1.29, 1.82) is 0 Å². The van der Waals surface area contributed by atoms with Crippen molar-refractivity contribution < 1.29 is 0 Å². The van der Waals surface area contributed by atoms with Crippen molar-refractivity contribution in [3.05, 3.63) is 255 Å². The van der Waals surface area contributed by atoms with Gasteiger partial charge in [-0.05, 0) is 153 Å². The van der Waals surface area contributed by atoms with E-state index < -0.39 is 0 Å². The van der Waals surface area contributed by atoms with Gasteiger partial charge in [-0.2, -0.15) is 0 Å². The van der Waals surface area contributed by atoms with Gasteiger partial charge in [-0.25, -0.2) is 0 Å². The van der Waals surface area contributed by atoms with E-state index in [0.717, 1.165) is 0 Å². The molecule has 4 aliphatic rings. The summed E-state index contributed by atoms with van der Waals surface area (Å²) in [4.78, 5) is 0. The molecule has 0 aliphatic heterocycles. The molecule has 0 aromatic heterocycles. The summed E-state index contributed by atoms with van der Waals surface area (Å²) in [6.07, 6.45) is 23.3. The topological polar surface area (TPSA) is 0 Å². The smallest absolute Gasteiger partial charge is 0.0725 e. The van der Waals surface area contributed by atoms with Gasteiger partial charge in [-0.15, -0.1) is 0 Å². The number of benzene rings is 8. The number of hydrogen-bond donors (Lipinski definition) is 0. The van der Waals surface area contributed by atoms with Crippen molar-refractivity contribution in [2.45, 2.75) is 85.5 Å². The first-order chi connectivity index (χ1) is 32.8. The summed E-state index contributed by atoms with van der Waals surface area (Å²) in [5.74, 6) is 0. The predicted octanol–water partition coefficient (Wildman–Crippen LogP) is 18.5. The van der Waals surface area contributed by atoms with Crippen LogP contribution in [0.5, 0.6) is 0 Å². The first-order valence-electron chi connectivity index (χ1n) is 24.6. The Bertz CT molecular complexity index is 3240. The summed E-state index contributed by atoms with van der Waals surface area (Å²) in [5.41, 5.74) is 23.2. The largest absolute Gasteiger partial charge is 0.0984 e. The molecule has 8 aromatic rings. The van der Waals surface area contributed by atoms with E-state index in [1.165, 1.54) is 144 Å². The van der Waals surface area contributed by atoms with Crippen LogP contribution in [0.25, 0.3) is 61.5 Å². The zero-order valence-corrected chi connectivity index (χ0v) is 40.4. The van der Waals surface area contributed by atoms with Gasteiger partial charge in [-0.1, -0.05) is 244 Å². The van der Waals surface area contributed by atoms with E-state index in [-0.39, 0.29) is 5.41 Å². The van der Waals surface area contributed by atoms with Gasteiger partial charge < -0.3 is 0 Å². The highest BCUT2D eigenvalue weighted by Gasteiger charge is 2.51. The SMILES string of the molecule is C=CC1=C(/C=C\C)C2(c3ccccc31)c1ccccc1-c1ccc(C)cc12.CCCC.Cc1ccc(-c2cccc3ccccc23)cc1.Cc1ccc2c3c(c4c(c2c1)C=CCC4)CCC=C3. The molecule has 1 unspecified atom stereocenters. The van der Waals surface area contributed by atoms with Gasteiger partial charge in [-0.3, -0.25) is 0 Å². The van der Waals surface area contributed by atoms with Gasteiger partial charge in [0, 0.05) is 0 Å². The number of fused-ring (bicyclic) bond motifs is 14. The van der Waals surface area contributed by atoms with Crippen molar-refractivity contribution in [1.82, 2.24) is 0 Å². The van der Waals surface area contributed by atoms with Crippen LogP contribution in [0.3, 0.4) is 0 Å². The Morgan fingerprint density at radius 1 is 0.507 bits per heavy atom. The van der Waals surface area contributed by atoms with Crippen molar-refractivity contribution in [2.24, 2.45) is 0 Å². The minimum atomic E-state index is -0.259. The van der Waals surface area contributed by atoms with Crippen LogP contribution >= 0.6 is 0 Å². The van der Waals surface area contributed by atoms with Gasteiger partial charge in [0.1, 0.15) is 0 Å². The summed E-state index contributed by atoms with van der Waals surface area (Å²) in [5, 5.41) is 5.49. The van der Waals surface area contributed by atoms with E-state index in [4.69, 9.17) is 0 Å². The van der Waals surface area contributed by atoms with E-state index in [1.807, 2.05) is 6.08 Å².